The summed E-state index contributed by atoms with van der Waals surface area (Å²) in [5, 5.41) is 3.84. The van der Waals surface area contributed by atoms with Gasteiger partial charge in [-0.25, -0.2) is 4.79 Å². The monoisotopic (exact) mass is 452 g/mol. The van der Waals surface area contributed by atoms with Crippen molar-refractivity contribution in [1.82, 2.24) is 4.57 Å². The number of carbonyl (C=O) groups excluding carboxylic acids is 2. The van der Waals surface area contributed by atoms with Crippen LogP contribution < -0.4 is 25.1 Å². The molecule has 1 aromatic heterocycles. The van der Waals surface area contributed by atoms with Crippen LogP contribution in [-0.2, 0) is 20.9 Å². The molecule has 172 valence electrons. The van der Waals surface area contributed by atoms with E-state index in [2.05, 4.69) is 5.32 Å². The number of hydrogen-bond acceptors (Lipinski definition) is 7. The molecule has 0 fully saturated rings. The van der Waals surface area contributed by atoms with E-state index in [9.17, 15) is 14.4 Å². The number of nitrogens with one attached hydrogen (secondary N) is 1. The minimum absolute atomic E-state index is 0.151. The molecule has 1 atom stereocenters. The van der Waals surface area contributed by atoms with Gasteiger partial charge in [-0.1, -0.05) is 0 Å². The molecule has 0 aliphatic carbocycles. The Bertz CT molecular complexity index is 1250. The summed E-state index contributed by atoms with van der Waals surface area (Å²) in [6.45, 7) is 4.38. The first-order chi connectivity index (χ1) is 15.9. The maximum atomic E-state index is 12.9. The van der Waals surface area contributed by atoms with E-state index in [1.807, 2.05) is 0 Å². The van der Waals surface area contributed by atoms with E-state index in [0.717, 1.165) is 0 Å². The van der Waals surface area contributed by atoms with E-state index >= 15 is 0 Å². The normalized spacial score (nSPS) is 13.3. The highest BCUT2D eigenvalue weighted by Crippen LogP contribution is 2.32. The number of hydrogen-bond donors (Lipinski definition) is 1. The smallest absolute Gasteiger partial charge is 0.347 e. The van der Waals surface area contributed by atoms with Crippen LogP contribution in [-0.4, -0.2) is 42.4 Å². The zero-order chi connectivity index (χ0) is 23.4. The van der Waals surface area contributed by atoms with Crippen molar-refractivity contribution in [3.05, 3.63) is 59.0 Å². The number of carbonyl (C=O) groups is 2. The van der Waals surface area contributed by atoms with Gasteiger partial charge >= 0.3 is 5.97 Å². The molecule has 3 aromatic rings. The average molecular weight is 452 g/mol. The van der Waals surface area contributed by atoms with Crippen molar-refractivity contribution < 1.29 is 28.5 Å². The lowest BCUT2D eigenvalue weighted by Gasteiger charge is -2.19. The highest BCUT2D eigenvalue weighted by atomic mass is 16.6. The summed E-state index contributed by atoms with van der Waals surface area (Å²) in [5.41, 5.74) is 0.241. The lowest BCUT2D eigenvalue weighted by atomic mass is 10.1. The number of fused-ring (bicyclic) bond motifs is 2. The Morgan fingerprint density at radius 2 is 1.88 bits per heavy atom. The second kappa shape index (κ2) is 9.64. The molecule has 1 amide bonds. The van der Waals surface area contributed by atoms with Crippen LogP contribution in [0, 0.1) is 0 Å². The van der Waals surface area contributed by atoms with Gasteiger partial charge in [-0.2, -0.15) is 0 Å². The Labute approximate surface area is 189 Å². The van der Waals surface area contributed by atoms with Crippen LogP contribution in [0.25, 0.3) is 10.8 Å². The molecule has 0 saturated heterocycles. The zero-order valence-corrected chi connectivity index (χ0v) is 18.3. The summed E-state index contributed by atoms with van der Waals surface area (Å²) in [4.78, 5) is 37.2. The first-order valence-corrected chi connectivity index (χ1v) is 10.6. The average Bonchev–Trinajstić information content (AvgIpc) is 2.81. The van der Waals surface area contributed by atoms with E-state index in [0.29, 0.717) is 46.9 Å². The highest BCUT2D eigenvalue weighted by molar-refractivity contribution is 5.91. The number of pyridine rings is 1. The zero-order valence-electron chi connectivity index (χ0n) is 18.3. The van der Waals surface area contributed by atoms with E-state index < -0.39 is 12.1 Å². The molecule has 0 bridgehead atoms. The lowest BCUT2D eigenvalue weighted by Crippen LogP contribution is -2.27. The molecule has 2 aromatic carbocycles. The van der Waals surface area contributed by atoms with Crippen LogP contribution in [0.15, 0.2) is 53.5 Å². The minimum atomic E-state index is -0.771. The predicted octanol–water partition coefficient (Wildman–Crippen LogP) is 2.74. The van der Waals surface area contributed by atoms with Gasteiger partial charge in [0.2, 0.25) is 5.91 Å². The number of rotatable bonds is 7. The van der Waals surface area contributed by atoms with Crippen LogP contribution in [0.1, 0.15) is 13.8 Å². The van der Waals surface area contributed by atoms with Gasteiger partial charge in [-0.05, 0) is 55.6 Å². The fraction of sp³-hybridized carbons (Fsp3) is 0.292. The molecule has 4 rings (SSSR count). The van der Waals surface area contributed by atoms with E-state index in [4.69, 9.17) is 18.9 Å². The summed E-state index contributed by atoms with van der Waals surface area (Å²) in [6.07, 6.45) is 0.777. The number of amides is 1. The lowest BCUT2D eigenvalue weighted by molar-refractivity contribution is -0.150. The van der Waals surface area contributed by atoms with Crippen molar-refractivity contribution in [2.75, 3.05) is 25.1 Å². The van der Waals surface area contributed by atoms with Gasteiger partial charge in [-0.15, -0.1) is 0 Å². The topological polar surface area (TPSA) is 105 Å². The number of benzene rings is 2. The third-order valence-electron chi connectivity index (χ3n) is 5.02. The molecular formula is C24H24N2O7. The largest absolute Gasteiger partial charge is 0.486 e. The van der Waals surface area contributed by atoms with E-state index in [1.54, 1.807) is 62.5 Å². The number of esters is 1. The number of ether oxygens (including phenoxy) is 4. The first-order valence-electron chi connectivity index (χ1n) is 10.6. The highest BCUT2D eigenvalue weighted by Gasteiger charge is 2.17. The standard InChI is InChI=1S/C24H24N2O7/c1-3-30-24(29)15(2)33-18-5-6-19-16(12-18)8-9-26(23(19)28)14-22(27)25-17-4-7-20-21(13-17)32-11-10-31-20/h4-9,12-13,15H,3,10-11,14H2,1-2H3,(H,25,27). The molecule has 1 aliphatic rings. The Hall–Kier alpha value is -4.01. The Morgan fingerprint density at radius 3 is 2.67 bits per heavy atom. The number of aromatic nitrogens is 1. The minimum Gasteiger partial charge on any atom is -0.486 e. The molecule has 0 saturated carbocycles. The van der Waals surface area contributed by atoms with Crippen molar-refractivity contribution in [2.45, 2.75) is 26.5 Å². The van der Waals surface area contributed by atoms with Crippen molar-refractivity contribution >= 4 is 28.3 Å². The van der Waals surface area contributed by atoms with Crippen LogP contribution in [0.2, 0.25) is 0 Å². The molecular weight excluding hydrogens is 428 g/mol. The summed E-state index contributed by atoms with van der Waals surface area (Å²) in [7, 11) is 0. The number of nitrogens with zero attached hydrogens (tertiary/aromatic N) is 1. The summed E-state index contributed by atoms with van der Waals surface area (Å²) < 4.78 is 22.9. The molecule has 9 nitrogen and oxygen atoms in total. The first kappa shape index (κ1) is 22.2. The predicted molar refractivity (Wildman–Crippen MR) is 121 cm³/mol. The Morgan fingerprint density at radius 1 is 1.09 bits per heavy atom. The van der Waals surface area contributed by atoms with Gasteiger partial charge < -0.3 is 28.8 Å². The fourth-order valence-corrected chi connectivity index (χ4v) is 3.45. The Kier molecular flexibility index (Phi) is 6.48. The van der Waals surface area contributed by atoms with E-state index in [1.165, 1.54) is 4.57 Å². The second-order valence-electron chi connectivity index (χ2n) is 7.42. The molecule has 0 spiro atoms. The van der Waals surface area contributed by atoms with Gasteiger partial charge in [0, 0.05) is 23.3 Å². The third kappa shape index (κ3) is 5.08. The third-order valence-corrected chi connectivity index (χ3v) is 5.02. The Balaban J connectivity index is 1.46. The van der Waals surface area contributed by atoms with Crippen molar-refractivity contribution in [1.29, 1.82) is 0 Å². The maximum absolute atomic E-state index is 12.9. The molecule has 1 N–H and O–H groups in total. The SMILES string of the molecule is CCOC(=O)C(C)Oc1ccc2c(=O)n(CC(=O)Nc3ccc4c(c3)OCCO4)ccc2c1. The molecule has 0 radical (unpaired) electrons. The van der Waals surface area contributed by atoms with Gasteiger partial charge in [0.15, 0.2) is 17.6 Å². The van der Waals surface area contributed by atoms with Crippen LogP contribution >= 0.6 is 0 Å². The summed E-state index contributed by atoms with van der Waals surface area (Å²) >= 11 is 0. The van der Waals surface area contributed by atoms with Crippen molar-refractivity contribution in [2.24, 2.45) is 0 Å². The van der Waals surface area contributed by atoms with Crippen LogP contribution in [0.5, 0.6) is 17.2 Å². The summed E-state index contributed by atoms with van der Waals surface area (Å²) in [5.74, 6) is 0.826. The van der Waals surface area contributed by atoms with Gasteiger partial charge in [0.1, 0.15) is 25.5 Å². The van der Waals surface area contributed by atoms with Gasteiger partial charge in [0.05, 0.1) is 6.61 Å². The van der Waals surface area contributed by atoms with Crippen molar-refractivity contribution in [3.63, 3.8) is 0 Å². The quantitative estimate of drug-likeness (QED) is 0.550. The molecule has 1 unspecified atom stereocenters. The van der Waals surface area contributed by atoms with Crippen LogP contribution in [0.3, 0.4) is 0 Å². The van der Waals surface area contributed by atoms with E-state index in [-0.39, 0.29) is 24.6 Å². The molecule has 33 heavy (non-hydrogen) atoms. The maximum Gasteiger partial charge on any atom is 0.347 e. The number of anilines is 1. The molecule has 2 heterocycles. The van der Waals surface area contributed by atoms with Crippen molar-refractivity contribution in [3.8, 4) is 17.2 Å². The second-order valence-corrected chi connectivity index (χ2v) is 7.42. The molecule has 9 heteroatoms. The van der Waals surface area contributed by atoms with Crippen LogP contribution in [0.4, 0.5) is 5.69 Å². The molecule has 1 aliphatic heterocycles. The van der Waals surface area contributed by atoms with Gasteiger partial charge in [0.25, 0.3) is 5.56 Å². The fourth-order valence-electron chi connectivity index (χ4n) is 3.45. The summed E-state index contributed by atoms with van der Waals surface area (Å²) in [6, 6.07) is 11.7. The van der Waals surface area contributed by atoms with Gasteiger partial charge in [-0.3, -0.25) is 9.59 Å².